The number of fused-ring (bicyclic) bond motifs is 5. The van der Waals surface area contributed by atoms with E-state index in [1.165, 1.54) is 0 Å². The monoisotopic (exact) mass is 556 g/mol. The maximum atomic E-state index is 13.3. The number of ketones is 3. The van der Waals surface area contributed by atoms with Crippen LogP contribution in [0.15, 0.2) is 42.0 Å². The van der Waals surface area contributed by atoms with Crippen LogP contribution in [0.25, 0.3) is 0 Å². The number of carbonyl (C=O) groups is 3. The van der Waals surface area contributed by atoms with Crippen molar-refractivity contribution in [1.29, 1.82) is 0 Å². The van der Waals surface area contributed by atoms with Crippen molar-refractivity contribution >= 4 is 54.9 Å². The van der Waals surface area contributed by atoms with Crippen molar-refractivity contribution in [1.82, 2.24) is 0 Å². The van der Waals surface area contributed by atoms with E-state index in [-0.39, 0.29) is 70.7 Å². The minimum absolute atomic E-state index is 0. The molecule has 4 aliphatic carbocycles. The number of hydrogen-bond acceptors (Lipinski definition) is 7. The van der Waals surface area contributed by atoms with Crippen molar-refractivity contribution in [3.8, 4) is 0 Å². The van der Waals surface area contributed by atoms with Gasteiger partial charge in [0.1, 0.15) is 18.0 Å². The maximum absolute atomic E-state index is 13.3. The molecule has 1 aromatic carbocycles. The first-order chi connectivity index (χ1) is 17.4. The molecule has 4 N–H and O–H groups in total. The molecular weight excluding hydrogens is 518 g/mol. The summed E-state index contributed by atoms with van der Waals surface area (Å²) in [7, 11) is -2.86. The summed E-state index contributed by atoms with van der Waals surface area (Å²) in [6.45, 7) is 3.31. The Morgan fingerprint density at radius 2 is 1.76 bits per heavy atom. The molecule has 3 saturated carbocycles. The normalized spacial score (nSPS) is 37.2. The molecule has 8 atom stereocenters. The Bertz CT molecular complexity index is 1140. The van der Waals surface area contributed by atoms with Gasteiger partial charge in [-0.15, -0.1) is 0 Å². The second-order valence-corrected chi connectivity index (χ2v) is 12.8. The summed E-state index contributed by atoms with van der Waals surface area (Å²) in [6.07, 6.45) is 5.83. The van der Waals surface area contributed by atoms with Crippen LogP contribution in [0.5, 0.6) is 0 Å². The Morgan fingerprint density at radius 1 is 1.11 bits per heavy atom. The van der Waals surface area contributed by atoms with Crippen LogP contribution in [0.4, 0.5) is 0 Å². The van der Waals surface area contributed by atoms with Crippen LogP contribution in [0.3, 0.4) is 0 Å². The molecule has 0 amide bonds. The Morgan fingerprint density at radius 3 is 2.37 bits per heavy atom. The van der Waals surface area contributed by atoms with Crippen LogP contribution in [-0.4, -0.2) is 79.3 Å². The first-order valence-electron chi connectivity index (χ1n) is 13.0. The van der Waals surface area contributed by atoms with E-state index in [1.807, 2.05) is 6.92 Å². The number of Topliss-reactive ketones (excluding diaryl/α,β-unsaturated/α-hetero) is 2. The molecule has 0 spiro atoms. The Hall–Kier alpha value is -0.960. The van der Waals surface area contributed by atoms with E-state index < -0.39 is 37.3 Å². The van der Waals surface area contributed by atoms with Gasteiger partial charge in [-0.05, 0) is 61.0 Å². The fraction of sp³-hybridized carbons (Fsp3) is 0.607. The number of aliphatic hydroxyl groups excluding tert-OH is 2. The van der Waals surface area contributed by atoms with Crippen LogP contribution >= 0.6 is 8.03 Å². The number of benzene rings is 1. The molecule has 0 aromatic heterocycles. The number of rotatable bonds is 4. The van der Waals surface area contributed by atoms with E-state index in [0.717, 1.165) is 18.4 Å². The van der Waals surface area contributed by atoms with Gasteiger partial charge in [-0.25, -0.2) is 0 Å². The van der Waals surface area contributed by atoms with Gasteiger partial charge in [-0.2, -0.15) is 0 Å². The molecule has 0 aliphatic heterocycles. The van der Waals surface area contributed by atoms with Crippen molar-refractivity contribution in [2.75, 3.05) is 6.61 Å². The molecule has 1 aromatic rings. The van der Waals surface area contributed by atoms with Gasteiger partial charge in [-0.3, -0.25) is 18.9 Å². The molecule has 8 nitrogen and oxygen atoms in total. The molecule has 0 radical (unpaired) electrons. The van der Waals surface area contributed by atoms with E-state index in [0.29, 0.717) is 31.2 Å². The van der Waals surface area contributed by atoms with Crippen LogP contribution < -0.4 is 0 Å². The second-order valence-electron chi connectivity index (χ2n) is 11.5. The standard InChI is InChI=1S/C21H28O5.C7H9O3P.Na.H/c1-19-7-5-13(23)9-12(19)3-4-14-15-6-8-21(26,17(25)11-22)20(15,2)10-16(24)18(14)19;8-7(11(9)10)6-4-2-1-3-5-6;;/h9,14-15,18,22,26H,3-8,10-11H2,1-2H3;1-5,7-8,11H,(H,9,10);;/t14-,15-,18+,19-,20-,21-;;;/m0.../s1. The fourth-order valence-corrected chi connectivity index (χ4v) is 8.23. The van der Waals surface area contributed by atoms with Gasteiger partial charge in [0, 0.05) is 24.2 Å². The summed E-state index contributed by atoms with van der Waals surface area (Å²) < 4.78 is 10.4. The van der Waals surface area contributed by atoms with Gasteiger partial charge >= 0.3 is 29.6 Å². The van der Waals surface area contributed by atoms with Crippen LogP contribution in [0, 0.1) is 28.6 Å². The van der Waals surface area contributed by atoms with Crippen molar-refractivity contribution in [3.05, 3.63) is 47.5 Å². The molecule has 38 heavy (non-hydrogen) atoms. The Kier molecular flexibility index (Phi) is 9.87. The summed E-state index contributed by atoms with van der Waals surface area (Å²) in [4.78, 5) is 46.1. The van der Waals surface area contributed by atoms with Gasteiger partial charge in [0.15, 0.2) is 17.4 Å². The zero-order valence-electron chi connectivity index (χ0n) is 21.4. The van der Waals surface area contributed by atoms with Crippen molar-refractivity contribution in [2.24, 2.45) is 28.6 Å². The number of carbonyl (C=O) groups excluding carboxylic acids is 3. The summed E-state index contributed by atoms with van der Waals surface area (Å²) in [6, 6.07) is 8.43. The molecule has 0 bridgehead atoms. The predicted octanol–water partition coefficient (Wildman–Crippen LogP) is 2.49. The van der Waals surface area contributed by atoms with Gasteiger partial charge in [0.05, 0.1) is 0 Å². The van der Waals surface area contributed by atoms with E-state index in [2.05, 4.69) is 6.92 Å². The molecule has 5 rings (SSSR count). The third kappa shape index (κ3) is 5.24. The molecule has 0 heterocycles. The quantitative estimate of drug-likeness (QED) is 0.327. The summed E-state index contributed by atoms with van der Waals surface area (Å²) in [5, 5.41) is 29.6. The van der Waals surface area contributed by atoms with Crippen molar-refractivity contribution in [2.45, 2.75) is 70.2 Å². The number of allylic oxidation sites excluding steroid dienone is 1. The molecule has 10 heteroatoms. The Balaban J connectivity index is 0.000000282. The van der Waals surface area contributed by atoms with Crippen LogP contribution in [0.2, 0.25) is 0 Å². The Labute approximate surface area is 246 Å². The predicted molar refractivity (Wildman–Crippen MR) is 144 cm³/mol. The van der Waals surface area contributed by atoms with Crippen LogP contribution in [-0.2, 0) is 18.9 Å². The van der Waals surface area contributed by atoms with Crippen LogP contribution in [0.1, 0.15) is 70.2 Å². The number of hydrogen-bond donors (Lipinski definition) is 4. The summed E-state index contributed by atoms with van der Waals surface area (Å²) >= 11 is 0. The van der Waals surface area contributed by atoms with Gasteiger partial charge in [0.2, 0.25) is 8.03 Å². The van der Waals surface area contributed by atoms with E-state index in [4.69, 9.17) is 10.00 Å². The molecule has 2 unspecified atom stereocenters. The zero-order valence-corrected chi connectivity index (χ0v) is 22.4. The average molecular weight is 557 g/mol. The van der Waals surface area contributed by atoms with Gasteiger partial charge < -0.3 is 20.2 Å². The summed E-state index contributed by atoms with van der Waals surface area (Å²) in [5.41, 5.74) is -1.07. The van der Waals surface area contributed by atoms with Crippen molar-refractivity contribution in [3.63, 3.8) is 0 Å². The van der Waals surface area contributed by atoms with Crippen molar-refractivity contribution < 1.29 is 39.2 Å². The van der Waals surface area contributed by atoms with E-state index in [9.17, 15) is 29.2 Å². The number of aliphatic hydroxyl groups is 3. The molecule has 4 aliphatic rings. The molecule has 0 saturated heterocycles. The molecule has 204 valence electrons. The third-order valence-corrected chi connectivity index (χ3v) is 10.6. The fourth-order valence-electron chi connectivity index (χ4n) is 7.75. The van der Waals surface area contributed by atoms with E-state index in [1.54, 1.807) is 36.4 Å². The SMILES string of the molecule is C[C@]12CCC(=O)C=C1CC[C@@H]1[C@@H]2C(=O)C[C@@]2(C)[C@H]1CC[C@]2(O)C(=O)CO.O=[PH](O)C(O)c1ccccc1.[NaH]. The molecular formula is C28H38NaO8P. The molecule has 3 fully saturated rings. The second kappa shape index (κ2) is 11.9. The third-order valence-electron chi connectivity index (χ3n) is 9.76. The first kappa shape index (κ1) is 31.6. The van der Waals surface area contributed by atoms with Gasteiger partial charge in [-0.1, -0.05) is 49.8 Å². The zero-order chi connectivity index (χ0) is 27.2. The topological polar surface area (TPSA) is 149 Å². The van der Waals surface area contributed by atoms with E-state index >= 15 is 0 Å². The average Bonchev–Trinajstić information content (AvgIpc) is 3.15. The minimum atomic E-state index is -2.86. The first-order valence-corrected chi connectivity index (χ1v) is 14.4. The van der Waals surface area contributed by atoms with Gasteiger partial charge in [0.25, 0.3) is 0 Å². The summed E-state index contributed by atoms with van der Waals surface area (Å²) in [5.74, 6) is -1.39.